The number of ether oxygens (including phenoxy) is 1. The first-order chi connectivity index (χ1) is 6.61. The van der Waals surface area contributed by atoms with E-state index in [0.717, 1.165) is 5.56 Å². The van der Waals surface area contributed by atoms with Crippen molar-refractivity contribution in [3.63, 3.8) is 0 Å². The Balaban J connectivity index is 3.32. The highest BCUT2D eigenvalue weighted by Crippen LogP contribution is 2.32. The Morgan fingerprint density at radius 3 is 2.71 bits per heavy atom. The molecule has 0 aliphatic heterocycles. The second-order valence-corrected chi connectivity index (χ2v) is 3.41. The summed E-state index contributed by atoms with van der Waals surface area (Å²) in [4.78, 5) is 0. The van der Waals surface area contributed by atoms with Crippen LogP contribution in [-0.2, 0) is 6.54 Å². The van der Waals surface area contributed by atoms with Gasteiger partial charge in [-0.05, 0) is 25.6 Å². The molecule has 0 unspecified atom stereocenters. The summed E-state index contributed by atoms with van der Waals surface area (Å²) in [6, 6.07) is 1.27. The van der Waals surface area contributed by atoms with Gasteiger partial charge in [0.25, 0.3) is 0 Å². The summed E-state index contributed by atoms with van der Waals surface area (Å²) in [5.74, 6) is 0.237. The van der Waals surface area contributed by atoms with Crippen molar-refractivity contribution in [2.45, 2.75) is 13.5 Å². The quantitative estimate of drug-likeness (QED) is 0.840. The van der Waals surface area contributed by atoms with Gasteiger partial charge in [-0.15, -0.1) is 0 Å². The molecule has 0 fully saturated rings. The third kappa shape index (κ3) is 1.99. The molecule has 0 amide bonds. The van der Waals surface area contributed by atoms with E-state index in [-0.39, 0.29) is 5.82 Å². The molecule has 14 heavy (non-hydrogen) atoms. The molecule has 0 bridgehead atoms. The molecule has 2 nitrogen and oxygen atoms in total. The van der Waals surface area contributed by atoms with Gasteiger partial charge in [0.05, 0.1) is 12.1 Å². The van der Waals surface area contributed by atoms with Crippen molar-refractivity contribution in [2.24, 2.45) is 0 Å². The van der Waals surface area contributed by atoms with Crippen LogP contribution in [0.25, 0.3) is 0 Å². The highest BCUT2D eigenvalue weighted by molar-refractivity contribution is 6.32. The fraction of sp³-hybridized carbons (Fsp3) is 0.400. The van der Waals surface area contributed by atoms with Gasteiger partial charge in [-0.1, -0.05) is 11.6 Å². The average Bonchev–Trinajstić information content (AvgIpc) is 2.14. The van der Waals surface area contributed by atoms with Crippen molar-refractivity contribution >= 4 is 11.6 Å². The summed E-state index contributed by atoms with van der Waals surface area (Å²) >= 11 is 5.85. The van der Waals surface area contributed by atoms with Crippen molar-refractivity contribution in [1.82, 2.24) is 5.32 Å². The number of hydrogen-bond donors (Lipinski definition) is 1. The van der Waals surface area contributed by atoms with Crippen LogP contribution in [0.15, 0.2) is 6.07 Å². The molecule has 0 aliphatic carbocycles. The number of halogens is 2. The Kier molecular flexibility index (Phi) is 3.72. The molecule has 1 N–H and O–H groups in total. The second-order valence-electron chi connectivity index (χ2n) is 3.01. The Morgan fingerprint density at radius 2 is 2.21 bits per heavy atom. The van der Waals surface area contributed by atoms with Crippen LogP contribution in [0.4, 0.5) is 4.39 Å². The third-order valence-electron chi connectivity index (χ3n) is 2.11. The molecule has 0 saturated carbocycles. The van der Waals surface area contributed by atoms with E-state index in [1.807, 2.05) is 0 Å². The summed E-state index contributed by atoms with van der Waals surface area (Å²) in [6.07, 6.45) is 0. The van der Waals surface area contributed by atoms with Crippen LogP contribution < -0.4 is 10.1 Å². The van der Waals surface area contributed by atoms with E-state index in [1.165, 1.54) is 13.2 Å². The molecule has 78 valence electrons. The van der Waals surface area contributed by atoms with Crippen molar-refractivity contribution < 1.29 is 9.13 Å². The molecule has 0 atom stereocenters. The highest BCUT2D eigenvalue weighted by atomic mass is 35.5. The minimum absolute atomic E-state index is 0.305. The predicted molar refractivity (Wildman–Crippen MR) is 55.5 cm³/mol. The van der Waals surface area contributed by atoms with Gasteiger partial charge in [-0.25, -0.2) is 4.39 Å². The van der Waals surface area contributed by atoms with Crippen LogP contribution in [0, 0.1) is 12.7 Å². The van der Waals surface area contributed by atoms with Gasteiger partial charge in [0, 0.05) is 12.1 Å². The summed E-state index contributed by atoms with van der Waals surface area (Å²) in [7, 11) is 3.31. The standard InChI is InChI=1S/C10H13ClFNO/c1-6-7(5-13-2)10(14-3)8(11)4-9(6)12/h4,13H,5H2,1-3H3. The summed E-state index contributed by atoms with van der Waals surface area (Å²) in [5, 5.41) is 3.26. The molecule has 0 aromatic heterocycles. The molecule has 0 heterocycles. The molecule has 0 saturated heterocycles. The predicted octanol–water partition coefficient (Wildman–Crippen LogP) is 2.52. The second kappa shape index (κ2) is 4.62. The van der Waals surface area contributed by atoms with Crippen molar-refractivity contribution in [1.29, 1.82) is 0 Å². The summed E-state index contributed by atoms with van der Waals surface area (Å²) in [6.45, 7) is 2.24. The minimum Gasteiger partial charge on any atom is -0.495 e. The SMILES string of the molecule is CNCc1c(C)c(F)cc(Cl)c1OC. The molecule has 0 radical (unpaired) electrons. The van der Waals surface area contributed by atoms with Gasteiger partial charge < -0.3 is 10.1 Å². The summed E-state index contributed by atoms with van der Waals surface area (Å²) < 4.78 is 18.4. The smallest absolute Gasteiger partial charge is 0.142 e. The molecule has 1 rings (SSSR count). The van der Waals surface area contributed by atoms with Gasteiger partial charge in [0.2, 0.25) is 0 Å². The van der Waals surface area contributed by atoms with E-state index >= 15 is 0 Å². The van der Waals surface area contributed by atoms with Gasteiger partial charge >= 0.3 is 0 Å². The lowest BCUT2D eigenvalue weighted by atomic mass is 10.1. The van der Waals surface area contributed by atoms with Crippen LogP contribution in [0.2, 0.25) is 5.02 Å². The number of hydrogen-bond acceptors (Lipinski definition) is 2. The van der Waals surface area contributed by atoms with Gasteiger partial charge in [-0.2, -0.15) is 0 Å². The Morgan fingerprint density at radius 1 is 1.57 bits per heavy atom. The van der Waals surface area contributed by atoms with Crippen LogP contribution in [0.3, 0.4) is 0 Å². The van der Waals surface area contributed by atoms with E-state index in [0.29, 0.717) is 22.9 Å². The lowest BCUT2D eigenvalue weighted by Gasteiger charge is -2.13. The first kappa shape index (κ1) is 11.3. The van der Waals surface area contributed by atoms with Crippen molar-refractivity contribution in [2.75, 3.05) is 14.2 Å². The fourth-order valence-corrected chi connectivity index (χ4v) is 1.64. The minimum atomic E-state index is -0.305. The number of rotatable bonds is 3. The van der Waals surface area contributed by atoms with E-state index in [1.54, 1.807) is 14.0 Å². The molecule has 4 heteroatoms. The van der Waals surface area contributed by atoms with Crippen molar-refractivity contribution in [3.8, 4) is 5.75 Å². The maximum atomic E-state index is 13.3. The largest absolute Gasteiger partial charge is 0.495 e. The van der Waals surface area contributed by atoms with Crippen LogP contribution in [0.5, 0.6) is 5.75 Å². The molecular weight excluding hydrogens is 205 g/mol. The lowest BCUT2D eigenvalue weighted by molar-refractivity contribution is 0.406. The first-order valence-corrected chi connectivity index (χ1v) is 4.65. The van der Waals surface area contributed by atoms with Gasteiger partial charge in [0.15, 0.2) is 0 Å². The molecular formula is C10H13ClFNO. The van der Waals surface area contributed by atoms with E-state index in [2.05, 4.69) is 5.32 Å². The van der Waals surface area contributed by atoms with Crippen molar-refractivity contribution in [3.05, 3.63) is 28.0 Å². The monoisotopic (exact) mass is 217 g/mol. The van der Waals surface area contributed by atoms with Gasteiger partial charge in [-0.3, -0.25) is 0 Å². The Hall–Kier alpha value is -0.800. The van der Waals surface area contributed by atoms with E-state index in [9.17, 15) is 4.39 Å². The van der Waals surface area contributed by atoms with Crippen LogP contribution in [0.1, 0.15) is 11.1 Å². The number of benzene rings is 1. The van der Waals surface area contributed by atoms with E-state index in [4.69, 9.17) is 16.3 Å². The molecule has 0 aliphatic rings. The molecule has 1 aromatic rings. The number of nitrogens with one attached hydrogen (secondary N) is 1. The zero-order valence-corrected chi connectivity index (χ0v) is 9.20. The highest BCUT2D eigenvalue weighted by Gasteiger charge is 2.14. The number of methoxy groups -OCH3 is 1. The lowest BCUT2D eigenvalue weighted by Crippen LogP contribution is -2.09. The molecule has 1 aromatic carbocycles. The Bertz CT molecular complexity index is 341. The zero-order valence-electron chi connectivity index (χ0n) is 8.45. The maximum Gasteiger partial charge on any atom is 0.142 e. The van der Waals surface area contributed by atoms with Crippen LogP contribution >= 0.6 is 11.6 Å². The zero-order chi connectivity index (χ0) is 10.7. The Labute approximate surface area is 88.0 Å². The fourth-order valence-electron chi connectivity index (χ4n) is 1.35. The summed E-state index contributed by atoms with van der Waals surface area (Å²) in [5.41, 5.74) is 1.33. The third-order valence-corrected chi connectivity index (χ3v) is 2.39. The average molecular weight is 218 g/mol. The van der Waals surface area contributed by atoms with Gasteiger partial charge in [0.1, 0.15) is 11.6 Å². The topological polar surface area (TPSA) is 21.3 Å². The van der Waals surface area contributed by atoms with Crippen LogP contribution in [-0.4, -0.2) is 14.2 Å². The normalized spacial score (nSPS) is 10.4. The maximum absolute atomic E-state index is 13.3. The first-order valence-electron chi connectivity index (χ1n) is 4.27. The molecule has 0 spiro atoms. The van der Waals surface area contributed by atoms with E-state index < -0.39 is 0 Å².